The number of hydrogen-bond donors (Lipinski definition) is 2. The molecule has 2 amide bonds. The lowest BCUT2D eigenvalue weighted by molar-refractivity contribution is -0.134. The molecule has 3 rings (SSSR count). The van der Waals surface area contributed by atoms with Gasteiger partial charge < -0.3 is 24.9 Å². The van der Waals surface area contributed by atoms with Crippen LogP contribution in [0.15, 0.2) is 63.8 Å². The van der Waals surface area contributed by atoms with Gasteiger partial charge in [0.25, 0.3) is 5.91 Å². The molecule has 0 aliphatic carbocycles. The van der Waals surface area contributed by atoms with Crippen LogP contribution in [0.1, 0.15) is 17.2 Å². The number of carbonyl (C=O) groups is 2. The highest BCUT2D eigenvalue weighted by Gasteiger charge is 2.26. The summed E-state index contributed by atoms with van der Waals surface area (Å²) < 4.78 is 15.7. The summed E-state index contributed by atoms with van der Waals surface area (Å²) in [5, 5.41) is 3.24. The first-order chi connectivity index (χ1) is 14.4. The number of hydrogen-bond acceptors (Lipinski definition) is 6. The molecule has 0 fully saturated rings. The molecule has 2 atom stereocenters. The van der Waals surface area contributed by atoms with Crippen molar-refractivity contribution in [1.29, 1.82) is 0 Å². The van der Waals surface area contributed by atoms with Crippen molar-refractivity contribution in [3.63, 3.8) is 0 Å². The van der Waals surface area contributed by atoms with Crippen molar-refractivity contribution in [2.45, 2.75) is 18.6 Å². The quantitative estimate of drug-likeness (QED) is 0.545. The van der Waals surface area contributed by atoms with Gasteiger partial charge in [0.2, 0.25) is 5.91 Å². The second-order valence-corrected chi connectivity index (χ2v) is 6.65. The second-order valence-electron chi connectivity index (χ2n) is 6.65. The third-order valence-electron chi connectivity index (χ3n) is 4.70. The summed E-state index contributed by atoms with van der Waals surface area (Å²) in [4.78, 5) is 36.8. The second kappa shape index (κ2) is 9.23. The first-order valence-electron chi connectivity index (χ1n) is 9.21. The predicted octanol–water partition coefficient (Wildman–Crippen LogP) is 1.70. The molecule has 0 unspecified atom stereocenters. The van der Waals surface area contributed by atoms with E-state index in [0.29, 0.717) is 27.8 Å². The van der Waals surface area contributed by atoms with E-state index in [1.54, 1.807) is 42.5 Å². The van der Waals surface area contributed by atoms with Gasteiger partial charge >= 0.3 is 5.63 Å². The number of benzene rings is 2. The smallest absolute Gasteiger partial charge is 0.336 e. The molecule has 30 heavy (non-hydrogen) atoms. The molecule has 3 aromatic rings. The van der Waals surface area contributed by atoms with Crippen LogP contribution in [0, 0.1) is 0 Å². The third kappa shape index (κ3) is 4.66. The Bertz CT molecular complexity index is 1110. The van der Waals surface area contributed by atoms with Gasteiger partial charge in [-0.3, -0.25) is 9.59 Å². The maximum atomic E-state index is 12.8. The van der Waals surface area contributed by atoms with Crippen molar-refractivity contribution in [1.82, 2.24) is 5.32 Å². The first kappa shape index (κ1) is 21.1. The van der Waals surface area contributed by atoms with Gasteiger partial charge in [0.1, 0.15) is 17.4 Å². The van der Waals surface area contributed by atoms with Crippen molar-refractivity contribution in [2.75, 3.05) is 14.2 Å². The van der Waals surface area contributed by atoms with Crippen LogP contribution in [0.25, 0.3) is 11.0 Å². The summed E-state index contributed by atoms with van der Waals surface area (Å²) in [6, 6.07) is 14.1. The molecule has 0 saturated carbocycles. The molecule has 1 aromatic heterocycles. The highest BCUT2D eigenvalue weighted by atomic mass is 16.5. The molecule has 0 saturated heterocycles. The predicted molar refractivity (Wildman–Crippen MR) is 110 cm³/mol. The van der Waals surface area contributed by atoms with E-state index in [4.69, 9.17) is 19.6 Å². The van der Waals surface area contributed by atoms with E-state index in [9.17, 15) is 14.4 Å². The first-order valence-corrected chi connectivity index (χ1v) is 9.21. The summed E-state index contributed by atoms with van der Waals surface area (Å²) in [7, 11) is 2.90. The molecule has 0 aliphatic rings. The topological polar surface area (TPSA) is 121 Å². The minimum absolute atomic E-state index is 0.0146. The van der Waals surface area contributed by atoms with Crippen molar-refractivity contribution >= 4 is 22.8 Å². The molecule has 8 heteroatoms. The van der Waals surface area contributed by atoms with Crippen LogP contribution >= 0.6 is 0 Å². The molecule has 2 aromatic carbocycles. The lowest BCUT2D eigenvalue weighted by Crippen LogP contribution is -2.47. The number of primary amides is 1. The Morgan fingerprint density at radius 2 is 1.83 bits per heavy atom. The number of methoxy groups -OCH3 is 2. The summed E-state index contributed by atoms with van der Waals surface area (Å²) in [6.07, 6.45) is -0.893. The number of amides is 2. The molecular formula is C22H22N2O6. The van der Waals surface area contributed by atoms with Crippen molar-refractivity contribution in [3.05, 3.63) is 76.1 Å². The largest absolute Gasteiger partial charge is 0.497 e. The van der Waals surface area contributed by atoms with E-state index < -0.39 is 29.6 Å². The van der Waals surface area contributed by atoms with Crippen LogP contribution in [0.3, 0.4) is 0 Å². The summed E-state index contributed by atoms with van der Waals surface area (Å²) in [6.45, 7) is 0. The Labute approximate surface area is 172 Å². The van der Waals surface area contributed by atoms with Crippen LogP contribution < -0.4 is 21.4 Å². The van der Waals surface area contributed by atoms with Gasteiger partial charge in [-0.2, -0.15) is 0 Å². The standard InChI is InChI=1S/C22H22N2O6/c1-28-15-8-9-16-14(11-19(25)30-18(16)12-15)10-17(21(23)26)24-22(27)20(29-2)13-6-4-3-5-7-13/h3-9,11-12,17,20H,10H2,1-2H3,(H2,23,26)(H,24,27)/t17-,20+/m1/s1. The zero-order valence-electron chi connectivity index (χ0n) is 16.6. The van der Waals surface area contributed by atoms with Gasteiger partial charge in [-0.15, -0.1) is 0 Å². The Hall–Kier alpha value is -3.65. The zero-order valence-corrected chi connectivity index (χ0v) is 16.6. The monoisotopic (exact) mass is 410 g/mol. The molecule has 0 spiro atoms. The van der Waals surface area contributed by atoms with Gasteiger partial charge in [-0.05, 0) is 23.3 Å². The van der Waals surface area contributed by atoms with Gasteiger partial charge in [0.05, 0.1) is 7.11 Å². The summed E-state index contributed by atoms with van der Waals surface area (Å²) in [5.41, 5.74) is 6.40. The molecule has 0 bridgehead atoms. The molecule has 8 nitrogen and oxygen atoms in total. The number of carbonyl (C=O) groups excluding carboxylic acids is 2. The normalized spacial score (nSPS) is 12.9. The van der Waals surface area contributed by atoms with E-state index in [1.165, 1.54) is 20.3 Å². The molecule has 0 aliphatic heterocycles. The lowest BCUT2D eigenvalue weighted by atomic mass is 10.0. The molecular weight excluding hydrogens is 388 g/mol. The molecule has 3 N–H and O–H groups in total. The zero-order chi connectivity index (χ0) is 21.7. The lowest BCUT2D eigenvalue weighted by Gasteiger charge is -2.21. The maximum Gasteiger partial charge on any atom is 0.336 e. The van der Waals surface area contributed by atoms with E-state index in [-0.39, 0.29) is 6.42 Å². The van der Waals surface area contributed by atoms with Crippen molar-refractivity contribution in [3.8, 4) is 5.75 Å². The van der Waals surface area contributed by atoms with Gasteiger partial charge in [-0.25, -0.2) is 4.79 Å². The van der Waals surface area contributed by atoms with Crippen LogP contribution in [-0.4, -0.2) is 32.1 Å². The van der Waals surface area contributed by atoms with Gasteiger partial charge in [-0.1, -0.05) is 30.3 Å². The van der Waals surface area contributed by atoms with E-state index >= 15 is 0 Å². The average molecular weight is 410 g/mol. The minimum Gasteiger partial charge on any atom is -0.497 e. The van der Waals surface area contributed by atoms with E-state index in [0.717, 1.165) is 0 Å². The number of rotatable bonds is 8. The number of nitrogens with two attached hydrogens (primary N) is 1. The molecule has 1 heterocycles. The maximum absolute atomic E-state index is 12.8. The number of fused-ring (bicyclic) bond motifs is 1. The third-order valence-corrected chi connectivity index (χ3v) is 4.70. The van der Waals surface area contributed by atoms with Crippen LogP contribution in [0.4, 0.5) is 0 Å². The highest BCUT2D eigenvalue weighted by Crippen LogP contribution is 2.24. The minimum atomic E-state index is -1.05. The average Bonchev–Trinajstić information content (AvgIpc) is 2.73. The Balaban J connectivity index is 1.88. The summed E-state index contributed by atoms with van der Waals surface area (Å²) >= 11 is 0. The SMILES string of the molecule is COc1ccc2c(C[C@@H](NC(=O)[C@@H](OC)c3ccccc3)C(N)=O)cc(=O)oc2c1. The fourth-order valence-corrected chi connectivity index (χ4v) is 3.22. The number of nitrogens with one attached hydrogen (secondary N) is 1. The van der Waals surface area contributed by atoms with E-state index in [2.05, 4.69) is 5.32 Å². The van der Waals surface area contributed by atoms with Crippen LogP contribution in [0.2, 0.25) is 0 Å². The van der Waals surface area contributed by atoms with E-state index in [1.807, 2.05) is 6.07 Å². The van der Waals surface area contributed by atoms with Crippen molar-refractivity contribution < 1.29 is 23.5 Å². The fourth-order valence-electron chi connectivity index (χ4n) is 3.22. The molecule has 156 valence electrons. The Morgan fingerprint density at radius 1 is 1.10 bits per heavy atom. The fraction of sp³-hybridized carbons (Fsp3) is 0.227. The van der Waals surface area contributed by atoms with Crippen molar-refractivity contribution in [2.24, 2.45) is 5.73 Å². The van der Waals surface area contributed by atoms with Gasteiger partial charge in [0.15, 0.2) is 6.10 Å². The van der Waals surface area contributed by atoms with Crippen LogP contribution in [0.5, 0.6) is 5.75 Å². The Kier molecular flexibility index (Phi) is 6.48. The highest BCUT2D eigenvalue weighted by molar-refractivity contribution is 5.90. The van der Waals surface area contributed by atoms with Gasteiger partial charge in [0, 0.05) is 31.0 Å². The van der Waals surface area contributed by atoms with Crippen LogP contribution in [-0.2, 0) is 20.7 Å². The molecule has 0 radical (unpaired) electrons. The summed E-state index contributed by atoms with van der Waals surface area (Å²) in [5.74, 6) is -0.726. The Morgan fingerprint density at radius 3 is 2.47 bits per heavy atom. The number of ether oxygens (including phenoxy) is 2.